The van der Waals surface area contributed by atoms with Crippen LogP contribution in [-0.4, -0.2) is 23.3 Å². The van der Waals surface area contributed by atoms with E-state index < -0.39 is 6.10 Å². The Morgan fingerprint density at radius 1 is 1.39 bits per heavy atom. The van der Waals surface area contributed by atoms with Crippen molar-refractivity contribution in [1.29, 1.82) is 0 Å². The molecule has 1 aliphatic heterocycles. The minimum atomic E-state index is -0.497. The van der Waals surface area contributed by atoms with Crippen LogP contribution >= 0.6 is 0 Å². The summed E-state index contributed by atoms with van der Waals surface area (Å²) in [5.74, 6) is 1.29. The van der Waals surface area contributed by atoms with Gasteiger partial charge in [-0.1, -0.05) is 0 Å². The Kier molecular flexibility index (Phi) is 2.59. The molecule has 0 bridgehead atoms. The molecule has 1 aromatic carbocycles. The maximum absolute atomic E-state index is 10.0. The van der Waals surface area contributed by atoms with Crippen LogP contribution in [0.25, 0.3) is 10.9 Å². The highest BCUT2D eigenvalue weighted by Gasteiger charge is 2.25. The molecule has 0 amide bonds. The van der Waals surface area contributed by atoms with E-state index >= 15 is 0 Å². The molecule has 0 fully saturated rings. The molecule has 2 atom stereocenters. The van der Waals surface area contributed by atoms with Crippen LogP contribution in [0.4, 0.5) is 0 Å². The van der Waals surface area contributed by atoms with Gasteiger partial charge in [-0.25, -0.2) is 4.98 Å². The molecule has 1 aliphatic rings. The fourth-order valence-corrected chi connectivity index (χ4v) is 2.29. The molecule has 4 nitrogen and oxygen atoms in total. The SMILES string of the molecule is COc1ccc2cc3c(nc2c1)O[C@@H](C)C[C@@H]3O. The molecule has 1 N–H and O–H groups in total. The standard InChI is InChI=1S/C14H15NO3/c1-8-5-13(16)11-6-9-3-4-10(17-2)7-12(9)15-14(11)18-8/h3-4,6-8,13,16H,5H2,1-2H3/t8-,13-/m0/s1. The molecule has 0 spiro atoms. The summed E-state index contributed by atoms with van der Waals surface area (Å²) in [6.45, 7) is 1.93. The summed E-state index contributed by atoms with van der Waals surface area (Å²) in [6, 6.07) is 7.62. The molecule has 0 unspecified atom stereocenters. The van der Waals surface area contributed by atoms with E-state index in [0.717, 1.165) is 22.2 Å². The third-order valence-electron chi connectivity index (χ3n) is 3.24. The van der Waals surface area contributed by atoms with E-state index in [9.17, 15) is 5.11 Å². The van der Waals surface area contributed by atoms with Crippen LogP contribution in [0.5, 0.6) is 11.6 Å². The molecule has 0 radical (unpaired) electrons. The van der Waals surface area contributed by atoms with Gasteiger partial charge in [-0.05, 0) is 25.1 Å². The van der Waals surface area contributed by atoms with E-state index in [1.165, 1.54) is 0 Å². The van der Waals surface area contributed by atoms with Crippen molar-refractivity contribution in [2.45, 2.75) is 25.6 Å². The first kappa shape index (κ1) is 11.3. The van der Waals surface area contributed by atoms with Crippen LogP contribution in [0.3, 0.4) is 0 Å². The van der Waals surface area contributed by atoms with Crippen LogP contribution in [0.2, 0.25) is 0 Å². The first-order chi connectivity index (χ1) is 8.67. The van der Waals surface area contributed by atoms with Crippen molar-refractivity contribution in [2.75, 3.05) is 7.11 Å². The van der Waals surface area contributed by atoms with E-state index in [4.69, 9.17) is 9.47 Å². The van der Waals surface area contributed by atoms with Gasteiger partial charge in [0.1, 0.15) is 11.9 Å². The zero-order valence-electron chi connectivity index (χ0n) is 10.4. The Morgan fingerprint density at radius 2 is 2.22 bits per heavy atom. The molecule has 3 rings (SSSR count). The van der Waals surface area contributed by atoms with Gasteiger partial charge < -0.3 is 14.6 Å². The Bertz CT molecular complexity index is 597. The largest absolute Gasteiger partial charge is 0.497 e. The molecule has 0 saturated carbocycles. The van der Waals surface area contributed by atoms with Gasteiger partial charge in [-0.3, -0.25) is 0 Å². The number of rotatable bonds is 1. The van der Waals surface area contributed by atoms with Crippen LogP contribution in [0.1, 0.15) is 25.0 Å². The number of hydrogen-bond donors (Lipinski definition) is 1. The second-order valence-electron chi connectivity index (χ2n) is 4.62. The van der Waals surface area contributed by atoms with E-state index in [2.05, 4.69) is 4.98 Å². The topological polar surface area (TPSA) is 51.6 Å². The minimum absolute atomic E-state index is 0.0111. The number of pyridine rings is 1. The summed E-state index contributed by atoms with van der Waals surface area (Å²) < 4.78 is 10.9. The van der Waals surface area contributed by atoms with Crippen LogP contribution < -0.4 is 9.47 Å². The molecule has 18 heavy (non-hydrogen) atoms. The third kappa shape index (κ3) is 1.78. The van der Waals surface area contributed by atoms with Gasteiger partial charge in [-0.2, -0.15) is 0 Å². The first-order valence-corrected chi connectivity index (χ1v) is 6.01. The molecular formula is C14H15NO3. The van der Waals surface area contributed by atoms with Gasteiger partial charge >= 0.3 is 0 Å². The molecule has 2 aromatic rings. The Morgan fingerprint density at radius 3 is 3.00 bits per heavy atom. The number of hydrogen-bond acceptors (Lipinski definition) is 4. The van der Waals surface area contributed by atoms with E-state index in [-0.39, 0.29) is 6.10 Å². The summed E-state index contributed by atoms with van der Waals surface area (Å²) >= 11 is 0. The summed E-state index contributed by atoms with van der Waals surface area (Å²) in [6.07, 6.45) is 0.0990. The van der Waals surface area contributed by atoms with Crippen molar-refractivity contribution in [1.82, 2.24) is 4.98 Å². The van der Waals surface area contributed by atoms with Crippen LogP contribution in [-0.2, 0) is 0 Å². The maximum atomic E-state index is 10.0. The van der Waals surface area contributed by atoms with E-state index in [1.54, 1.807) is 7.11 Å². The predicted octanol–water partition coefficient (Wildman–Crippen LogP) is 2.45. The number of aromatic nitrogens is 1. The van der Waals surface area contributed by atoms with Gasteiger partial charge in [0.05, 0.1) is 18.7 Å². The molecule has 0 saturated heterocycles. The molecule has 1 aromatic heterocycles. The van der Waals surface area contributed by atoms with Crippen LogP contribution in [0, 0.1) is 0 Å². The summed E-state index contributed by atoms with van der Waals surface area (Å²) in [4.78, 5) is 4.46. The van der Waals surface area contributed by atoms with Crippen LogP contribution in [0.15, 0.2) is 24.3 Å². The number of ether oxygens (including phenoxy) is 2. The van der Waals surface area contributed by atoms with Gasteiger partial charge in [0.2, 0.25) is 5.88 Å². The van der Waals surface area contributed by atoms with E-state index in [1.807, 2.05) is 31.2 Å². The quantitative estimate of drug-likeness (QED) is 0.838. The Labute approximate surface area is 105 Å². The fraction of sp³-hybridized carbons (Fsp3) is 0.357. The zero-order chi connectivity index (χ0) is 12.7. The molecule has 0 aliphatic carbocycles. The number of aliphatic hydroxyl groups is 1. The number of aliphatic hydroxyl groups excluding tert-OH is 1. The van der Waals surface area contributed by atoms with E-state index in [0.29, 0.717) is 12.3 Å². The second-order valence-corrected chi connectivity index (χ2v) is 4.62. The number of nitrogens with zero attached hydrogens (tertiary/aromatic N) is 1. The molecular weight excluding hydrogens is 230 g/mol. The molecule has 94 valence electrons. The first-order valence-electron chi connectivity index (χ1n) is 6.01. The third-order valence-corrected chi connectivity index (χ3v) is 3.24. The second kappa shape index (κ2) is 4.14. The Hall–Kier alpha value is -1.81. The van der Waals surface area contributed by atoms with Gasteiger partial charge in [0, 0.05) is 23.4 Å². The van der Waals surface area contributed by atoms with Crippen molar-refractivity contribution < 1.29 is 14.6 Å². The van der Waals surface area contributed by atoms with Gasteiger partial charge in [0.25, 0.3) is 0 Å². The van der Waals surface area contributed by atoms with Crippen molar-refractivity contribution in [3.05, 3.63) is 29.8 Å². The average Bonchev–Trinajstić information content (AvgIpc) is 2.36. The lowest BCUT2D eigenvalue weighted by molar-refractivity contribution is 0.0713. The fourth-order valence-electron chi connectivity index (χ4n) is 2.29. The lowest BCUT2D eigenvalue weighted by atomic mass is 10.0. The normalized spacial score (nSPS) is 22.4. The number of fused-ring (bicyclic) bond motifs is 2. The van der Waals surface area contributed by atoms with Crippen molar-refractivity contribution in [3.63, 3.8) is 0 Å². The minimum Gasteiger partial charge on any atom is -0.497 e. The summed E-state index contributed by atoms with van der Waals surface area (Å²) in [7, 11) is 1.63. The highest BCUT2D eigenvalue weighted by atomic mass is 16.5. The highest BCUT2D eigenvalue weighted by molar-refractivity contribution is 5.81. The zero-order valence-corrected chi connectivity index (χ0v) is 10.4. The summed E-state index contributed by atoms with van der Waals surface area (Å²) in [5, 5.41) is 11.0. The van der Waals surface area contributed by atoms with Crippen molar-refractivity contribution in [2.24, 2.45) is 0 Å². The Balaban J connectivity index is 2.17. The number of methoxy groups -OCH3 is 1. The smallest absolute Gasteiger partial charge is 0.220 e. The predicted molar refractivity (Wildman–Crippen MR) is 68.0 cm³/mol. The lowest BCUT2D eigenvalue weighted by Crippen LogP contribution is -2.23. The highest BCUT2D eigenvalue weighted by Crippen LogP contribution is 2.35. The lowest BCUT2D eigenvalue weighted by Gasteiger charge is -2.26. The number of benzene rings is 1. The monoisotopic (exact) mass is 245 g/mol. The van der Waals surface area contributed by atoms with Crippen molar-refractivity contribution >= 4 is 10.9 Å². The average molecular weight is 245 g/mol. The summed E-state index contributed by atoms with van der Waals surface area (Å²) in [5.41, 5.74) is 1.58. The molecule has 4 heteroatoms. The van der Waals surface area contributed by atoms with Gasteiger partial charge in [0.15, 0.2) is 0 Å². The molecule has 2 heterocycles. The van der Waals surface area contributed by atoms with Gasteiger partial charge in [-0.15, -0.1) is 0 Å². The maximum Gasteiger partial charge on any atom is 0.220 e. The van der Waals surface area contributed by atoms with Crippen molar-refractivity contribution in [3.8, 4) is 11.6 Å².